The van der Waals surface area contributed by atoms with Crippen LogP contribution in [0.2, 0.25) is 0 Å². The fourth-order valence-electron chi connectivity index (χ4n) is 4.84. The van der Waals surface area contributed by atoms with E-state index in [1.807, 2.05) is 0 Å². The molecule has 19 heavy (non-hydrogen) atoms. The van der Waals surface area contributed by atoms with Gasteiger partial charge in [0.2, 0.25) is 5.89 Å². The Morgan fingerprint density at radius 2 is 1.79 bits per heavy atom. The van der Waals surface area contributed by atoms with E-state index in [-0.39, 0.29) is 0 Å². The lowest BCUT2D eigenvalue weighted by atomic mass is 9.52. The molecular weight excluding hydrogens is 258 g/mol. The van der Waals surface area contributed by atoms with Crippen LogP contribution in [-0.2, 0) is 0 Å². The molecule has 0 unspecified atom stereocenters. The zero-order valence-corrected chi connectivity index (χ0v) is 11.6. The van der Waals surface area contributed by atoms with E-state index in [9.17, 15) is 0 Å². The van der Waals surface area contributed by atoms with Gasteiger partial charge in [-0.05, 0) is 55.8 Å². The van der Waals surface area contributed by atoms with Crippen molar-refractivity contribution in [2.75, 3.05) is 5.75 Å². The second-order valence-electron chi connectivity index (χ2n) is 6.31. The quantitative estimate of drug-likeness (QED) is 0.792. The molecule has 0 saturated heterocycles. The van der Waals surface area contributed by atoms with Crippen LogP contribution in [0.4, 0.5) is 0 Å². The summed E-state index contributed by atoms with van der Waals surface area (Å²) in [5, 5.41) is 17.5. The Morgan fingerprint density at radius 1 is 1.11 bits per heavy atom. The predicted molar refractivity (Wildman–Crippen MR) is 70.4 cm³/mol. The first kappa shape index (κ1) is 11.8. The van der Waals surface area contributed by atoms with Crippen molar-refractivity contribution in [2.24, 2.45) is 23.7 Å². The molecule has 5 rings (SSSR count). The Balaban J connectivity index is 1.56. The number of nitrogens with zero attached hydrogens (tertiary/aromatic N) is 3. The zero-order valence-electron chi connectivity index (χ0n) is 10.8. The second kappa shape index (κ2) is 4.52. The van der Waals surface area contributed by atoms with Crippen LogP contribution in [-0.4, -0.2) is 16.0 Å². The Kier molecular flexibility index (Phi) is 2.80. The molecular formula is C14H17N3OS. The zero-order chi connectivity index (χ0) is 12.8. The molecule has 100 valence electrons. The van der Waals surface area contributed by atoms with Crippen LogP contribution in [0.1, 0.15) is 43.9 Å². The summed E-state index contributed by atoms with van der Waals surface area (Å²) in [5.74, 6) is 5.19. The molecule has 0 N–H and O–H groups in total. The van der Waals surface area contributed by atoms with Gasteiger partial charge in [-0.1, -0.05) is 11.8 Å². The second-order valence-corrected chi connectivity index (χ2v) is 7.24. The third kappa shape index (κ3) is 1.97. The van der Waals surface area contributed by atoms with Crippen LogP contribution in [0.15, 0.2) is 9.64 Å². The van der Waals surface area contributed by atoms with Crippen molar-refractivity contribution in [3.8, 4) is 6.07 Å². The molecule has 1 heterocycles. The van der Waals surface area contributed by atoms with E-state index in [4.69, 9.17) is 9.68 Å². The highest BCUT2D eigenvalue weighted by Gasteiger charge is 2.50. The monoisotopic (exact) mass is 275 g/mol. The van der Waals surface area contributed by atoms with Gasteiger partial charge in [-0.3, -0.25) is 0 Å². The maximum atomic E-state index is 8.59. The van der Waals surface area contributed by atoms with E-state index in [0.29, 0.717) is 16.9 Å². The minimum atomic E-state index is 0.378. The standard InChI is InChI=1S/C14H17N3OS/c15-1-2-19-14-17-16-13(18-14)12-10-4-8-3-9(6-10)7-11(12)5-8/h8-12H,2-7H2. The predicted octanol–water partition coefficient (Wildman–Crippen LogP) is 3.22. The summed E-state index contributed by atoms with van der Waals surface area (Å²) in [7, 11) is 0. The summed E-state index contributed by atoms with van der Waals surface area (Å²) < 4.78 is 5.80. The van der Waals surface area contributed by atoms with Gasteiger partial charge in [0.25, 0.3) is 5.22 Å². The van der Waals surface area contributed by atoms with Crippen LogP contribution < -0.4 is 0 Å². The molecule has 0 spiro atoms. The van der Waals surface area contributed by atoms with E-state index in [1.165, 1.54) is 43.9 Å². The highest BCUT2D eigenvalue weighted by atomic mass is 32.2. The molecule has 4 nitrogen and oxygen atoms in total. The number of nitriles is 1. The van der Waals surface area contributed by atoms with E-state index in [1.54, 1.807) is 0 Å². The average Bonchev–Trinajstić information content (AvgIpc) is 2.83. The molecule has 0 atom stereocenters. The van der Waals surface area contributed by atoms with E-state index in [2.05, 4.69) is 16.3 Å². The fourth-order valence-corrected chi connectivity index (χ4v) is 5.27. The van der Waals surface area contributed by atoms with Crippen molar-refractivity contribution in [1.82, 2.24) is 10.2 Å². The third-order valence-electron chi connectivity index (χ3n) is 5.19. The SMILES string of the molecule is N#CCSc1nnc(C2C3CC4CC(C3)CC2C4)o1. The first-order chi connectivity index (χ1) is 9.33. The van der Waals surface area contributed by atoms with E-state index >= 15 is 0 Å². The molecule has 4 fully saturated rings. The molecule has 4 saturated carbocycles. The first-order valence-electron chi connectivity index (χ1n) is 7.16. The summed E-state index contributed by atoms with van der Waals surface area (Å²) in [6.07, 6.45) is 6.91. The van der Waals surface area contributed by atoms with Crippen molar-refractivity contribution >= 4 is 11.8 Å². The maximum Gasteiger partial charge on any atom is 0.277 e. The summed E-state index contributed by atoms with van der Waals surface area (Å²) in [6.45, 7) is 0. The largest absolute Gasteiger partial charge is 0.416 e. The van der Waals surface area contributed by atoms with Gasteiger partial charge in [0.1, 0.15) is 0 Å². The first-order valence-corrected chi connectivity index (χ1v) is 8.15. The normalized spacial score (nSPS) is 39.4. The smallest absolute Gasteiger partial charge is 0.277 e. The van der Waals surface area contributed by atoms with Crippen molar-refractivity contribution in [3.05, 3.63) is 5.89 Å². The average molecular weight is 275 g/mol. The van der Waals surface area contributed by atoms with Crippen molar-refractivity contribution < 1.29 is 4.42 Å². The summed E-state index contributed by atoms with van der Waals surface area (Å²) in [6, 6.07) is 2.09. The van der Waals surface area contributed by atoms with Gasteiger partial charge in [0.05, 0.1) is 11.8 Å². The number of rotatable bonds is 3. The van der Waals surface area contributed by atoms with Gasteiger partial charge >= 0.3 is 0 Å². The van der Waals surface area contributed by atoms with Crippen LogP contribution in [0, 0.1) is 35.0 Å². The van der Waals surface area contributed by atoms with E-state index < -0.39 is 0 Å². The van der Waals surface area contributed by atoms with Gasteiger partial charge in [0, 0.05) is 5.92 Å². The minimum absolute atomic E-state index is 0.378. The highest BCUT2D eigenvalue weighted by Crippen LogP contribution is 2.59. The van der Waals surface area contributed by atoms with Crippen LogP contribution in [0.3, 0.4) is 0 Å². The molecule has 1 aromatic heterocycles. The van der Waals surface area contributed by atoms with Gasteiger partial charge in [-0.2, -0.15) is 5.26 Å². The van der Waals surface area contributed by atoms with Gasteiger partial charge < -0.3 is 4.42 Å². The van der Waals surface area contributed by atoms with Crippen molar-refractivity contribution in [3.63, 3.8) is 0 Å². The Bertz CT molecular complexity index is 493. The summed E-state index contributed by atoms with van der Waals surface area (Å²) in [5.41, 5.74) is 0. The topological polar surface area (TPSA) is 62.7 Å². The Morgan fingerprint density at radius 3 is 2.42 bits per heavy atom. The Hall–Kier alpha value is -1.02. The number of thioether (sulfide) groups is 1. The molecule has 0 aliphatic heterocycles. The minimum Gasteiger partial charge on any atom is -0.416 e. The molecule has 1 aromatic rings. The van der Waals surface area contributed by atoms with Crippen molar-refractivity contribution in [1.29, 1.82) is 5.26 Å². The molecule has 5 heteroatoms. The molecule has 4 aliphatic rings. The number of aromatic nitrogens is 2. The lowest BCUT2D eigenvalue weighted by molar-refractivity contribution is -0.0124. The third-order valence-corrected chi connectivity index (χ3v) is 5.88. The molecule has 4 aliphatic carbocycles. The lowest BCUT2D eigenvalue weighted by Gasteiger charge is -2.53. The van der Waals surface area contributed by atoms with Gasteiger partial charge in [-0.15, -0.1) is 10.2 Å². The van der Waals surface area contributed by atoms with E-state index in [0.717, 1.165) is 29.6 Å². The summed E-state index contributed by atoms with van der Waals surface area (Å²) in [4.78, 5) is 0. The molecule has 4 bridgehead atoms. The molecule has 0 amide bonds. The Labute approximate surface area is 117 Å². The molecule has 0 aromatic carbocycles. The molecule has 0 radical (unpaired) electrons. The van der Waals surface area contributed by atoms with Crippen LogP contribution in [0.25, 0.3) is 0 Å². The van der Waals surface area contributed by atoms with Gasteiger partial charge in [-0.25, -0.2) is 0 Å². The summed E-state index contributed by atoms with van der Waals surface area (Å²) >= 11 is 1.34. The number of hydrogen-bond acceptors (Lipinski definition) is 5. The van der Waals surface area contributed by atoms with Gasteiger partial charge in [0.15, 0.2) is 0 Å². The lowest BCUT2D eigenvalue weighted by Crippen LogP contribution is -2.43. The fraction of sp³-hybridized carbons (Fsp3) is 0.786. The highest BCUT2D eigenvalue weighted by molar-refractivity contribution is 7.99. The van der Waals surface area contributed by atoms with Crippen LogP contribution in [0.5, 0.6) is 0 Å². The number of hydrogen-bond donors (Lipinski definition) is 0. The van der Waals surface area contributed by atoms with Crippen LogP contribution >= 0.6 is 11.8 Å². The maximum absolute atomic E-state index is 8.59. The van der Waals surface area contributed by atoms with Crippen molar-refractivity contribution in [2.45, 2.75) is 43.2 Å².